The number of rotatable bonds is 3. The maximum atomic E-state index is 11.8. The van der Waals surface area contributed by atoms with Gasteiger partial charge in [0.15, 0.2) is 5.82 Å². The van der Waals surface area contributed by atoms with Crippen molar-refractivity contribution >= 4 is 5.97 Å². The van der Waals surface area contributed by atoms with Gasteiger partial charge >= 0.3 is 5.97 Å². The van der Waals surface area contributed by atoms with E-state index >= 15 is 0 Å². The number of carbonyl (C=O) groups excluding carboxylic acids is 1. The van der Waals surface area contributed by atoms with Gasteiger partial charge < -0.3 is 4.74 Å². The average molecular weight is 249 g/mol. The largest absolute Gasteiger partial charge is 0.468 e. The van der Waals surface area contributed by atoms with Crippen LogP contribution in [0.5, 0.6) is 0 Å². The number of esters is 1. The molecule has 5 nitrogen and oxygen atoms in total. The van der Waals surface area contributed by atoms with Crippen molar-refractivity contribution in [2.45, 2.75) is 56.3 Å². The third-order valence-electron chi connectivity index (χ3n) is 4.25. The van der Waals surface area contributed by atoms with Gasteiger partial charge in [0.1, 0.15) is 11.2 Å². The molecule has 2 aliphatic rings. The van der Waals surface area contributed by atoms with E-state index in [0.717, 1.165) is 18.7 Å². The highest BCUT2D eigenvalue weighted by molar-refractivity contribution is 5.85. The monoisotopic (exact) mass is 249 g/mol. The molecule has 0 spiro atoms. The second kappa shape index (κ2) is 4.37. The van der Waals surface area contributed by atoms with Gasteiger partial charge in [-0.3, -0.25) is 9.89 Å². The van der Waals surface area contributed by atoms with Crippen LogP contribution in [0.2, 0.25) is 0 Å². The van der Waals surface area contributed by atoms with Gasteiger partial charge in [0.25, 0.3) is 0 Å². The molecule has 5 heteroatoms. The average Bonchev–Trinajstić information content (AvgIpc) is 3.09. The highest BCUT2D eigenvalue weighted by atomic mass is 16.5. The molecule has 1 heterocycles. The second-order valence-electron chi connectivity index (χ2n) is 5.45. The molecule has 1 aromatic rings. The van der Waals surface area contributed by atoms with Crippen molar-refractivity contribution in [1.29, 1.82) is 0 Å². The van der Waals surface area contributed by atoms with E-state index in [4.69, 9.17) is 4.74 Å². The van der Waals surface area contributed by atoms with Gasteiger partial charge in [0.05, 0.1) is 7.11 Å². The van der Waals surface area contributed by atoms with Gasteiger partial charge in [-0.15, -0.1) is 0 Å². The minimum atomic E-state index is -0.543. The molecule has 2 fully saturated rings. The lowest BCUT2D eigenvalue weighted by Gasteiger charge is -2.18. The lowest BCUT2D eigenvalue weighted by Crippen LogP contribution is -2.23. The molecule has 1 aromatic heterocycles. The summed E-state index contributed by atoms with van der Waals surface area (Å²) in [7, 11) is 1.43. The fourth-order valence-corrected chi connectivity index (χ4v) is 2.89. The molecule has 0 bridgehead atoms. The standard InChI is InChI=1S/C13H19N3O2/c1-18-12(17)13(7-8-13)11-14-10(15-16-11)9-5-3-2-4-6-9/h9H,2-8H2,1H3,(H,14,15,16). The lowest BCUT2D eigenvalue weighted by molar-refractivity contribution is -0.143. The third-order valence-corrected chi connectivity index (χ3v) is 4.25. The van der Waals surface area contributed by atoms with Crippen molar-refractivity contribution in [1.82, 2.24) is 15.2 Å². The van der Waals surface area contributed by atoms with Gasteiger partial charge in [-0.2, -0.15) is 5.10 Å². The molecular weight excluding hydrogens is 230 g/mol. The molecule has 0 saturated heterocycles. The zero-order chi connectivity index (χ0) is 12.6. The number of hydrogen-bond acceptors (Lipinski definition) is 4. The Morgan fingerprint density at radius 1 is 1.33 bits per heavy atom. The van der Waals surface area contributed by atoms with E-state index in [-0.39, 0.29) is 5.97 Å². The first kappa shape index (κ1) is 11.7. The van der Waals surface area contributed by atoms with Crippen LogP contribution < -0.4 is 0 Å². The summed E-state index contributed by atoms with van der Waals surface area (Å²) >= 11 is 0. The summed E-state index contributed by atoms with van der Waals surface area (Å²) in [6.07, 6.45) is 7.83. The molecule has 3 rings (SSSR count). The number of hydrogen-bond donors (Lipinski definition) is 1. The van der Waals surface area contributed by atoms with Crippen LogP contribution in [0.15, 0.2) is 0 Å². The van der Waals surface area contributed by atoms with Crippen molar-refractivity contribution in [2.24, 2.45) is 0 Å². The molecule has 0 radical (unpaired) electrons. The number of aromatic nitrogens is 3. The number of carbonyl (C=O) groups is 1. The molecule has 0 unspecified atom stereocenters. The van der Waals surface area contributed by atoms with Crippen LogP contribution in [0.3, 0.4) is 0 Å². The van der Waals surface area contributed by atoms with E-state index in [1.54, 1.807) is 0 Å². The molecule has 0 amide bonds. The van der Waals surface area contributed by atoms with Gasteiger partial charge in [0, 0.05) is 5.92 Å². The highest BCUT2D eigenvalue weighted by Gasteiger charge is 2.56. The second-order valence-corrected chi connectivity index (χ2v) is 5.45. The van der Waals surface area contributed by atoms with Gasteiger partial charge in [-0.25, -0.2) is 4.98 Å². The lowest BCUT2D eigenvalue weighted by atomic mass is 9.89. The number of aromatic amines is 1. The third kappa shape index (κ3) is 1.82. The minimum Gasteiger partial charge on any atom is -0.468 e. The Bertz CT molecular complexity index is 445. The Hall–Kier alpha value is -1.39. The molecule has 98 valence electrons. The molecule has 18 heavy (non-hydrogen) atoms. The summed E-state index contributed by atoms with van der Waals surface area (Å²) in [5, 5.41) is 7.29. The Morgan fingerprint density at radius 2 is 2.06 bits per heavy atom. The van der Waals surface area contributed by atoms with E-state index in [1.165, 1.54) is 39.2 Å². The predicted molar refractivity (Wildman–Crippen MR) is 65.1 cm³/mol. The first-order valence-corrected chi connectivity index (χ1v) is 6.77. The van der Waals surface area contributed by atoms with Gasteiger partial charge in [-0.1, -0.05) is 19.3 Å². The van der Waals surface area contributed by atoms with Crippen LogP contribution in [0.25, 0.3) is 0 Å². The summed E-state index contributed by atoms with van der Waals surface area (Å²) in [5.41, 5.74) is -0.543. The van der Waals surface area contributed by atoms with Crippen molar-refractivity contribution in [3.05, 3.63) is 11.6 Å². The summed E-state index contributed by atoms with van der Waals surface area (Å²) in [4.78, 5) is 16.3. The molecule has 0 aliphatic heterocycles. The molecule has 0 atom stereocenters. The number of methoxy groups -OCH3 is 1. The van der Waals surface area contributed by atoms with Crippen LogP contribution in [-0.2, 0) is 14.9 Å². The van der Waals surface area contributed by atoms with Crippen LogP contribution in [0, 0.1) is 0 Å². The van der Waals surface area contributed by atoms with Crippen LogP contribution in [0.1, 0.15) is 62.5 Å². The summed E-state index contributed by atoms with van der Waals surface area (Å²) in [6, 6.07) is 0. The van der Waals surface area contributed by atoms with E-state index < -0.39 is 5.41 Å². The maximum Gasteiger partial charge on any atom is 0.319 e. The van der Waals surface area contributed by atoms with E-state index in [0.29, 0.717) is 11.7 Å². The SMILES string of the molecule is COC(=O)C1(c2n[nH]c(C3CCCCC3)n2)CC1. The quantitative estimate of drug-likeness (QED) is 0.832. The fraction of sp³-hybridized carbons (Fsp3) is 0.769. The van der Waals surface area contributed by atoms with E-state index in [2.05, 4.69) is 15.2 Å². The minimum absolute atomic E-state index is 0.198. The van der Waals surface area contributed by atoms with Crippen LogP contribution in [0.4, 0.5) is 0 Å². The van der Waals surface area contributed by atoms with Crippen molar-refractivity contribution in [2.75, 3.05) is 7.11 Å². The molecule has 2 saturated carbocycles. The molecule has 1 N–H and O–H groups in total. The summed E-state index contributed by atoms with van der Waals surface area (Å²) in [5.74, 6) is 1.89. The normalized spacial score (nSPS) is 22.7. The summed E-state index contributed by atoms with van der Waals surface area (Å²) in [6.45, 7) is 0. The zero-order valence-electron chi connectivity index (χ0n) is 10.7. The number of H-pyrrole nitrogens is 1. The Labute approximate surface area is 106 Å². The van der Waals surface area contributed by atoms with Crippen LogP contribution in [-0.4, -0.2) is 28.3 Å². The highest BCUT2D eigenvalue weighted by Crippen LogP contribution is 2.48. The first-order chi connectivity index (χ1) is 8.76. The van der Waals surface area contributed by atoms with Gasteiger partial charge in [0.2, 0.25) is 0 Å². The first-order valence-electron chi connectivity index (χ1n) is 6.77. The molecular formula is C13H19N3O2. The molecule has 0 aromatic carbocycles. The van der Waals surface area contributed by atoms with E-state index in [1.807, 2.05) is 0 Å². The van der Waals surface area contributed by atoms with Crippen molar-refractivity contribution in [3.63, 3.8) is 0 Å². The zero-order valence-corrected chi connectivity index (χ0v) is 10.7. The Morgan fingerprint density at radius 3 is 2.67 bits per heavy atom. The van der Waals surface area contributed by atoms with Crippen LogP contribution >= 0.6 is 0 Å². The number of nitrogens with zero attached hydrogens (tertiary/aromatic N) is 2. The predicted octanol–water partition coefficient (Wildman–Crippen LogP) is 2.06. The Kier molecular flexibility index (Phi) is 2.84. The Balaban J connectivity index is 1.79. The smallest absolute Gasteiger partial charge is 0.319 e. The maximum absolute atomic E-state index is 11.8. The summed E-state index contributed by atoms with van der Waals surface area (Å²) < 4.78 is 4.85. The number of nitrogens with one attached hydrogen (secondary N) is 1. The van der Waals surface area contributed by atoms with Gasteiger partial charge in [-0.05, 0) is 25.7 Å². The van der Waals surface area contributed by atoms with E-state index in [9.17, 15) is 4.79 Å². The fourth-order valence-electron chi connectivity index (χ4n) is 2.89. The van der Waals surface area contributed by atoms with Crippen molar-refractivity contribution < 1.29 is 9.53 Å². The van der Waals surface area contributed by atoms with Crippen molar-refractivity contribution in [3.8, 4) is 0 Å². The molecule has 2 aliphatic carbocycles. The number of ether oxygens (including phenoxy) is 1. The topological polar surface area (TPSA) is 67.9 Å².